The fraction of sp³-hybridized carbons (Fsp3) is 0.500. The molecule has 0 saturated carbocycles. The van der Waals surface area contributed by atoms with Crippen LogP contribution in [0, 0.1) is 5.92 Å². The summed E-state index contributed by atoms with van der Waals surface area (Å²) < 4.78 is 0. The van der Waals surface area contributed by atoms with Gasteiger partial charge < -0.3 is 9.80 Å². The fourth-order valence-corrected chi connectivity index (χ4v) is 5.99. The molecule has 5 nitrogen and oxygen atoms in total. The van der Waals surface area contributed by atoms with Crippen molar-refractivity contribution in [2.75, 3.05) is 37.6 Å². The second kappa shape index (κ2) is 8.52. The molecule has 0 radical (unpaired) electrons. The highest BCUT2D eigenvalue weighted by molar-refractivity contribution is 7.10. The van der Waals surface area contributed by atoms with Gasteiger partial charge in [0.2, 0.25) is 11.8 Å². The van der Waals surface area contributed by atoms with Crippen LogP contribution in [0.4, 0.5) is 5.69 Å². The van der Waals surface area contributed by atoms with Crippen molar-refractivity contribution in [3.05, 3.63) is 51.7 Å². The summed E-state index contributed by atoms with van der Waals surface area (Å²) in [5.74, 6) is 0.600. The number of hydrogen-bond acceptors (Lipinski definition) is 4. The summed E-state index contributed by atoms with van der Waals surface area (Å²) >= 11 is 1.81. The van der Waals surface area contributed by atoms with Gasteiger partial charge in [-0.15, -0.1) is 11.3 Å². The topological polar surface area (TPSA) is 43.9 Å². The molecular formula is C24H29N3O2S. The first-order chi connectivity index (χ1) is 14.7. The number of para-hydroxylation sites is 1. The number of benzene rings is 1. The Hall–Kier alpha value is -2.18. The van der Waals surface area contributed by atoms with Gasteiger partial charge in [-0.2, -0.15) is 0 Å². The van der Waals surface area contributed by atoms with E-state index in [-0.39, 0.29) is 11.8 Å². The second-order valence-corrected chi connectivity index (χ2v) is 9.71. The minimum atomic E-state index is 0.104. The SMILES string of the molecule is O=C(C1CCN(CC(=O)N2CCCc3ccccc32)CC1)N1CCc2sccc2C1. The van der Waals surface area contributed by atoms with E-state index in [0.29, 0.717) is 12.5 Å². The Morgan fingerprint density at radius 1 is 0.967 bits per heavy atom. The zero-order valence-electron chi connectivity index (χ0n) is 17.4. The number of rotatable bonds is 3. The van der Waals surface area contributed by atoms with Crippen molar-refractivity contribution in [2.45, 2.75) is 38.6 Å². The monoisotopic (exact) mass is 423 g/mol. The molecule has 1 aromatic heterocycles. The third-order valence-corrected chi connectivity index (χ3v) is 7.85. The molecule has 1 aromatic carbocycles. The van der Waals surface area contributed by atoms with Crippen molar-refractivity contribution in [3.8, 4) is 0 Å². The minimum absolute atomic E-state index is 0.104. The lowest BCUT2D eigenvalue weighted by atomic mass is 9.94. The molecular weight excluding hydrogens is 394 g/mol. The van der Waals surface area contributed by atoms with Crippen LogP contribution in [-0.4, -0.2) is 54.3 Å². The second-order valence-electron chi connectivity index (χ2n) is 8.71. The van der Waals surface area contributed by atoms with E-state index in [1.165, 1.54) is 16.0 Å². The first-order valence-electron chi connectivity index (χ1n) is 11.1. The summed E-state index contributed by atoms with van der Waals surface area (Å²) in [6.07, 6.45) is 4.78. The highest BCUT2D eigenvalue weighted by atomic mass is 32.1. The minimum Gasteiger partial charge on any atom is -0.338 e. The van der Waals surface area contributed by atoms with Crippen molar-refractivity contribution < 1.29 is 9.59 Å². The molecule has 0 spiro atoms. The molecule has 158 valence electrons. The van der Waals surface area contributed by atoms with Crippen LogP contribution in [0.1, 0.15) is 35.3 Å². The normalized spacial score (nSPS) is 20.0. The number of thiophene rings is 1. The Morgan fingerprint density at radius 2 is 1.80 bits per heavy atom. The molecule has 0 N–H and O–H groups in total. The van der Waals surface area contributed by atoms with Crippen LogP contribution in [-0.2, 0) is 29.0 Å². The maximum atomic E-state index is 13.0. The van der Waals surface area contributed by atoms with Crippen LogP contribution in [0.15, 0.2) is 35.7 Å². The van der Waals surface area contributed by atoms with Crippen LogP contribution < -0.4 is 4.90 Å². The van der Waals surface area contributed by atoms with Crippen LogP contribution >= 0.6 is 11.3 Å². The van der Waals surface area contributed by atoms with Crippen LogP contribution in [0.3, 0.4) is 0 Å². The van der Waals surface area contributed by atoms with Crippen molar-refractivity contribution in [1.29, 1.82) is 0 Å². The molecule has 0 bridgehead atoms. The molecule has 3 aliphatic heterocycles. The number of fused-ring (bicyclic) bond motifs is 2. The Labute approximate surface area is 182 Å². The smallest absolute Gasteiger partial charge is 0.241 e. The summed E-state index contributed by atoms with van der Waals surface area (Å²) in [7, 11) is 0. The molecule has 2 amide bonds. The van der Waals surface area contributed by atoms with Gasteiger partial charge in [0.15, 0.2) is 0 Å². The molecule has 3 aliphatic rings. The van der Waals surface area contributed by atoms with Crippen molar-refractivity contribution in [2.24, 2.45) is 5.92 Å². The van der Waals surface area contributed by atoms with Gasteiger partial charge in [0.1, 0.15) is 0 Å². The average Bonchev–Trinajstić information content (AvgIpc) is 3.26. The molecule has 5 rings (SSSR count). The predicted octanol–water partition coefficient (Wildman–Crippen LogP) is 3.32. The van der Waals surface area contributed by atoms with Crippen molar-refractivity contribution in [1.82, 2.24) is 9.80 Å². The Bertz CT molecular complexity index is 932. The van der Waals surface area contributed by atoms with Crippen molar-refractivity contribution in [3.63, 3.8) is 0 Å². The molecule has 30 heavy (non-hydrogen) atoms. The third kappa shape index (κ3) is 3.91. The summed E-state index contributed by atoms with van der Waals surface area (Å²) in [6.45, 7) is 4.54. The number of piperidine rings is 1. The third-order valence-electron chi connectivity index (χ3n) is 6.83. The quantitative estimate of drug-likeness (QED) is 0.761. The molecule has 1 fully saturated rings. The number of amides is 2. The van der Waals surface area contributed by atoms with E-state index in [1.54, 1.807) is 0 Å². The van der Waals surface area contributed by atoms with E-state index in [2.05, 4.69) is 34.5 Å². The van der Waals surface area contributed by atoms with Gasteiger partial charge in [0, 0.05) is 36.1 Å². The molecule has 1 saturated heterocycles. The van der Waals surface area contributed by atoms with Gasteiger partial charge >= 0.3 is 0 Å². The van der Waals surface area contributed by atoms with E-state index in [4.69, 9.17) is 0 Å². The predicted molar refractivity (Wildman–Crippen MR) is 120 cm³/mol. The highest BCUT2D eigenvalue weighted by Gasteiger charge is 2.32. The first-order valence-corrected chi connectivity index (χ1v) is 12.0. The maximum Gasteiger partial charge on any atom is 0.241 e. The molecule has 4 heterocycles. The van der Waals surface area contributed by atoms with Gasteiger partial charge in [0.05, 0.1) is 6.54 Å². The highest BCUT2D eigenvalue weighted by Crippen LogP contribution is 2.29. The summed E-state index contributed by atoms with van der Waals surface area (Å²) in [5.41, 5.74) is 3.68. The number of carbonyl (C=O) groups is 2. The molecule has 0 unspecified atom stereocenters. The van der Waals surface area contributed by atoms with Gasteiger partial charge in [-0.1, -0.05) is 18.2 Å². The van der Waals surface area contributed by atoms with Gasteiger partial charge in [0.25, 0.3) is 0 Å². The van der Waals surface area contributed by atoms with E-state index in [1.807, 2.05) is 27.2 Å². The Morgan fingerprint density at radius 3 is 2.67 bits per heavy atom. The average molecular weight is 424 g/mol. The van der Waals surface area contributed by atoms with E-state index >= 15 is 0 Å². The molecule has 6 heteroatoms. The van der Waals surface area contributed by atoms with Gasteiger partial charge in [-0.05, 0) is 73.8 Å². The standard InChI is InChI=1S/C24H29N3O2S/c28-23(27-11-3-5-18-4-1-2-6-21(18)27)17-25-12-7-19(8-13-25)24(29)26-14-9-22-20(16-26)10-15-30-22/h1-2,4,6,10,15,19H,3,5,7-9,11-14,16-17H2. The van der Waals surface area contributed by atoms with E-state index < -0.39 is 0 Å². The maximum absolute atomic E-state index is 13.0. The zero-order chi connectivity index (χ0) is 20.5. The summed E-state index contributed by atoms with van der Waals surface area (Å²) in [4.78, 5) is 33.7. The lowest BCUT2D eigenvalue weighted by Crippen LogP contribution is -2.47. The molecule has 0 aliphatic carbocycles. The lowest BCUT2D eigenvalue weighted by Gasteiger charge is -2.36. The fourth-order valence-electron chi connectivity index (χ4n) is 5.10. The Kier molecular flexibility index (Phi) is 5.61. The number of aryl methyl sites for hydroxylation is 1. The van der Waals surface area contributed by atoms with Crippen LogP contribution in [0.5, 0.6) is 0 Å². The lowest BCUT2D eigenvalue weighted by molar-refractivity contribution is -0.138. The number of likely N-dealkylation sites (tertiary alicyclic amines) is 1. The number of anilines is 1. The number of carbonyl (C=O) groups excluding carboxylic acids is 2. The van der Waals surface area contributed by atoms with Crippen LogP contribution in [0.2, 0.25) is 0 Å². The Balaban J connectivity index is 1.14. The first kappa shape index (κ1) is 19.8. The number of hydrogen-bond donors (Lipinski definition) is 0. The summed E-state index contributed by atoms with van der Waals surface area (Å²) in [5, 5.41) is 2.13. The van der Waals surface area contributed by atoms with Crippen molar-refractivity contribution >= 4 is 28.8 Å². The summed E-state index contributed by atoms with van der Waals surface area (Å²) in [6, 6.07) is 10.4. The van der Waals surface area contributed by atoms with Crippen LogP contribution in [0.25, 0.3) is 0 Å². The number of nitrogens with zero attached hydrogens (tertiary/aromatic N) is 3. The largest absolute Gasteiger partial charge is 0.338 e. The van der Waals surface area contributed by atoms with Gasteiger partial charge in [-0.25, -0.2) is 0 Å². The van der Waals surface area contributed by atoms with E-state index in [9.17, 15) is 9.59 Å². The zero-order valence-corrected chi connectivity index (χ0v) is 18.2. The van der Waals surface area contributed by atoms with Gasteiger partial charge in [-0.3, -0.25) is 14.5 Å². The van der Waals surface area contributed by atoms with E-state index in [0.717, 1.165) is 70.5 Å². The molecule has 0 atom stereocenters. The molecule has 2 aromatic rings.